The maximum Gasteiger partial charge on any atom is 0.257 e. The van der Waals surface area contributed by atoms with E-state index < -0.39 is 18.5 Å². The Balaban J connectivity index is 1.53. The lowest BCUT2D eigenvalue weighted by molar-refractivity contribution is -0.309. The second-order valence-electron chi connectivity index (χ2n) is 7.05. The summed E-state index contributed by atoms with van der Waals surface area (Å²) in [6.45, 7) is 1.39. The molecule has 2 saturated heterocycles. The third kappa shape index (κ3) is 4.94. The molecule has 1 N–H and O–H groups in total. The minimum Gasteiger partial charge on any atom is -0.462 e. The molecule has 4 rings (SSSR count). The normalized spacial score (nSPS) is 28.9. The average molecular weight is 416 g/mol. The lowest BCUT2D eigenvalue weighted by atomic mass is 9.97. The van der Waals surface area contributed by atoms with Gasteiger partial charge in [-0.15, -0.1) is 0 Å². The predicted molar refractivity (Wildman–Crippen MR) is 111 cm³/mol. The van der Waals surface area contributed by atoms with Crippen molar-refractivity contribution in [1.82, 2.24) is 5.32 Å². The van der Waals surface area contributed by atoms with E-state index >= 15 is 0 Å². The van der Waals surface area contributed by atoms with Crippen molar-refractivity contribution in [3.63, 3.8) is 0 Å². The molecule has 0 unspecified atom stereocenters. The molecule has 29 heavy (non-hydrogen) atoms. The molecule has 2 aliphatic rings. The Morgan fingerprint density at radius 3 is 2.10 bits per heavy atom. The van der Waals surface area contributed by atoms with Crippen molar-refractivity contribution in [3.8, 4) is 0 Å². The fraction of sp³-hybridized carbons (Fsp3) is 0.409. The highest BCUT2D eigenvalue weighted by molar-refractivity contribution is 7.80. The summed E-state index contributed by atoms with van der Waals surface area (Å²) in [5.74, 6) is 0. The van der Waals surface area contributed by atoms with E-state index in [4.69, 9.17) is 35.9 Å². The number of thiocarbonyl (C=S) groups is 1. The molecule has 2 aliphatic heterocycles. The fourth-order valence-electron chi connectivity index (χ4n) is 3.62. The van der Waals surface area contributed by atoms with Crippen molar-refractivity contribution < 1.29 is 23.7 Å². The highest BCUT2D eigenvalue weighted by atomic mass is 32.1. The first-order chi connectivity index (χ1) is 14.2. The van der Waals surface area contributed by atoms with E-state index in [-0.39, 0.29) is 12.2 Å². The summed E-state index contributed by atoms with van der Waals surface area (Å²) in [5, 5.41) is 3.37. The minimum atomic E-state index is -0.571. The molecule has 0 saturated carbocycles. The molecule has 7 heteroatoms. The van der Waals surface area contributed by atoms with Gasteiger partial charge in [-0.3, -0.25) is 0 Å². The van der Waals surface area contributed by atoms with Gasteiger partial charge in [-0.1, -0.05) is 60.7 Å². The Kier molecular flexibility index (Phi) is 6.74. The third-order valence-corrected chi connectivity index (χ3v) is 5.33. The van der Waals surface area contributed by atoms with Gasteiger partial charge in [0.25, 0.3) is 5.17 Å². The Labute approximate surface area is 176 Å². The molecular weight excluding hydrogens is 390 g/mol. The molecule has 0 spiro atoms. The zero-order chi connectivity index (χ0) is 20.1. The predicted octanol–water partition coefficient (Wildman–Crippen LogP) is 2.80. The van der Waals surface area contributed by atoms with Crippen LogP contribution in [0.15, 0.2) is 60.7 Å². The zero-order valence-corrected chi connectivity index (χ0v) is 17.0. The highest BCUT2D eigenvalue weighted by Gasteiger charge is 2.51. The van der Waals surface area contributed by atoms with Crippen molar-refractivity contribution in [2.45, 2.75) is 43.9 Å². The number of hydrogen-bond donors (Lipinski definition) is 1. The first kappa shape index (κ1) is 20.3. The quantitative estimate of drug-likeness (QED) is 0.698. The van der Waals surface area contributed by atoms with E-state index in [9.17, 15) is 0 Å². The molecule has 5 atom stereocenters. The van der Waals surface area contributed by atoms with Gasteiger partial charge in [0, 0.05) is 13.7 Å². The van der Waals surface area contributed by atoms with Crippen molar-refractivity contribution in [1.29, 1.82) is 0 Å². The molecule has 0 radical (unpaired) electrons. The van der Waals surface area contributed by atoms with Crippen LogP contribution in [0.2, 0.25) is 0 Å². The van der Waals surface area contributed by atoms with E-state index in [0.29, 0.717) is 24.9 Å². The molecule has 0 amide bonds. The van der Waals surface area contributed by atoms with Crippen LogP contribution in [0.4, 0.5) is 0 Å². The lowest BCUT2D eigenvalue weighted by Gasteiger charge is -2.47. The minimum absolute atomic E-state index is 0.246. The SMILES string of the molecule is CO[C@H]1O[C@@H]2CNC(=S)O[C@H]2[C@H](OCc2ccccc2)[C@H]1OCc1ccccc1. The van der Waals surface area contributed by atoms with Crippen LogP contribution in [0.3, 0.4) is 0 Å². The summed E-state index contributed by atoms with van der Waals surface area (Å²) in [6, 6.07) is 20.0. The molecule has 154 valence electrons. The average Bonchev–Trinajstić information content (AvgIpc) is 2.77. The van der Waals surface area contributed by atoms with Crippen LogP contribution in [-0.2, 0) is 36.9 Å². The fourth-order valence-corrected chi connectivity index (χ4v) is 3.82. The van der Waals surface area contributed by atoms with Gasteiger partial charge in [0.15, 0.2) is 12.4 Å². The zero-order valence-electron chi connectivity index (χ0n) is 16.2. The van der Waals surface area contributed by atoms with E-state index in [1.54, 1.807) is 7.11 Å². The summed E-state index contributed by atoms with van der Waals surface area (Å²) in [7, 11) is 1.61. The number of benzene rings is 2. The number of hydrogen-bond acceptors (Lipinski definition) is 6. The molecule has 2 aromatic rings. The van der Waals surface area contributed by atoms with E-state index in [2.05, 4.69) is 5.32 Å². The Hall–Kier alpha value is -2.03. The topological polar surface area (TPSA) is 58.2 Å². The molecule has 2 fully saturated rings. The van der Waals surface area contributed by atoms with Gasteiger partial charge in [-0.2, -0.15) is 0 Å². The number of rotatable bonds is 7. The van der Waals surface area contributed by atoms with Crippen LogP contribution < -0.4 is 5.32 Å². The summed E-state index contributed by atoms with van der Waals surface area (Å²) < 4.78 is 30.2. The van der Waals surface area contributed by atoms with E-state index in [0.717, 1.165) is 11.1 Å². The van der Waals surface area contributed by atoms with Crippen LogP contribution in [0.5, 0.6) is 0 Å². The van der Waals surface area contributed by atoms with E-state index in [1.807, 2.05) is 60.7 Å². The van der Waals surface area contributed by atoms with Crippen LogP contribution in [0.25, 0.3) is 0 Å². The lowest BCUT2D eigenvalue weighted by Crippen LogP contribution is -2.65. The van der Waals surface area contributed by atoms with Crippen LogP contribution in [0.1, 0.15) is 11.1 Å². The molecule has 2 heterocycles. The first-order valence-corrected chi connectivity index (χ1v) is 10.1. The van der Waals surface area contributed by atoms with Gasteiger partial charge < -0.3 is 29.0 Å². The maximum atomic E-state index is 6.32. The second-order valence-corrected chi connectivity index (χ2v) is 7.42. The largest absolute Gasteiger partial charge is 0.462 e. The summed E-state index contributed by atoms with van der Waals surface area (Å²) >= 11 is 5.23. The van der Waals surface area contributed by atoms with Crippen molar-refractivity contribution in [2.75, 3.05) is 13.7 Å². The number of fused-ring (bicyclic) bond motifs is 1. The van der Waals surface area contributed by atoms with Crippen LogP contribution in [0, 0.1) is 0 Å². The van der Waals surface area contributed by atoms with Crippen LogP contribution in [-0.4, -0.2) is 49.5 Å². The van der Waals surface area contributed by atoms with Crippen molar-refractivity contribution >= 4 is 17.4 Å². The van der Waals surface area contributed by atoms with Crippen LogP contribution >= 0.6 is 12.2 Å². The summed E-state index contributed by atoms with van der Waals surface area (Å²) in [6.07, 6.45) is -2.06. The summed E-state index contributed by atoms with van der Waals surface area (Å²) in [5.41, 5.74) is 2.14. The number of methoxy groups -OCH3 is 1. The van der Waals surface area contributed by atoms with Gasteiger partial charge >= 0.3 is 0 Å². The second kappa shape index (κ2) is 9.65. The van der Waals surface area contributed by atoms with Gasteiger partial charge in [-0.05, 0) is 23.3 Å². The Bertz CT molecular complexity index is 790. The van der Waals surface area contributed by atoms with E-state index in [1.165, 1.54) is 0 Å². The van der Waals surface area contributed by atoms with Crippen molar-refractivity contribution in [2.24, 2.45) is 0 Å². The van der Waals surface area contributed by atoms with Crippen molar-refractivity contribution in [3.05, 3.63) is 71.8 Å². The molecule has 6 nitrogen and oxygen atoms in total. The van der Waals surface area contributed by atoms with Gasteiger partial charge in [-0.25, -0.2) is 0 Å². The Morgan fingerprint density at radius 2 is 1.52 bits per heavy atom. The molecule has 2 aromatic carbocycles. The highest BCUT2D eigenvalue weighted by Crippen LogP contribution is 2.31. The molecule has 0 aromatic heterocycles. The van der Waals surface area contributed by atoms with Gasteiger partial charge in [0.1, 0.15) is 18.3 Å². The van der Waals surface area contributed by atoms with Gasteiger partial charge in [0.05, 0.1) is 13.2 Å². The Morgan fingerprint density at radius 1 is 0.931 bits per heavy atom. The number of ether oxygens (including phenoxy) is 5. The number of nitrogens with one attached hydrogen (secondary N) is 1. The monoisotopic (exact) mass is 415 g/mol. The smallest absolute Gasteiger partial charge is 0.257 e. The molecular formula is C22H25NO5S. The molecule has 0 aliphatic carbocycles. The maximum absolute atomic E-state index is 6.32. The third-order valence-electron chi connectivity index (χ3n) is 5.08. The summed E-state index contributed by atoms with van der Waals surface area (Å²) in [4.78, 5) is 0. The molecule has 0 bridgehead atoms. The van der Waals surface area contributed by atoms with Gasteiger partial charge in [0.2, 0.25) is 0 Å². The standard InChI is InChI=1S/C22H25NO5S/c1-24-21-20(26-14-16-10-6-3-7-11-16)19(25-13-15-8-4-2-5-9-15)18-17(27-21)12-23-22(29)28-18/h2-11,17-21H,12-14H2,1H3,(H,23,29)/t17-,18-,19+,20-,21+/m1/s1. The first-order valence-electron chi connectivity index (χ1n) is 9.68.